The van der Waals surface area contributed by atoms with Crippen molar-refractivity contribution in [1.29, 1.82) is 0 Å². The van der Waals surface area contributed by atoms with E-state index in [9.17, 15) is 32.7 Å². The number of carboxylic acids is 1. The minimum Gasteiger partial charge on any atom is -0.476 e. The number of carbonyl (C=O) groups is 3. The molecule has 0 spiro atoms. The molecule has 4 rings (SSSR count). The molecule has 2 aromatic heterocycles. The van der Waals surface area contributed by atoms with Crippen molar-refractivity contribution in [3.8, 4) is 0 Å². The Morgan fingerprint density at radius 1 is 0.917 bits per heavy atom. The fraction of sp³-hybridized carbons (Fsp3) is 0.143. The van der Waals surface area contributed by atoms with E-state index in [4.69, 9.17) is 0 Å². The van der Waals surface area contributed by atoms with E-state index < -0.39 is 29.4 Å². The summed E-state index contributed by atoms with van der Waals surface area (Å²) >= 11 is 0. The largest absolute Gasteiger partial charge is 0.476 e. The lowest BCUT2D eigenvalue weighted by Gasteiger charge is -2.09. The molecule has 0 aliphatic heterocycles. The molecular formula is C21H17F3N8O4. The van der Waals surface area contributed by atoms with E-state index in [1.54, 1.807) is 18.2 Å². The summed E-state index contributed by atoms with van der Waals surface area (Å²) in [5.74, 6) is -1.98. The van der Waals surface area contributed by atoms with E-state index in [0.717, 1.165) is 24.3 Å². The molecule has 0 fully saturated rings. The number of benzene rings is 2. The number of H-pyrrole nitrogens is 2. The second-order valence-electron chi connectivity index (χ2n) is 7.44. The van der Waals surface area contributed by atoms with Crippen LogP contribution in [0.2, 0.25) is 0 Å². The van der Waals surface area contributed by atoms with Crippen LogP contribution in [-0.2, 0) is 17.4 Å². The number of alkyl halides is 3. The average Bonchev–Trinajstić information content (AvgIpc) is 3.44. The predicted octanol–water partition coefficient (Wildman–Crippen LogP) is 3.61. The smallest absolute Gasteiger partial charge is 0.416 e. The van der Waals surface area contributed by atoms with Crippen LogP contribution in [0.5, 0.6) is 0 Å². The van der Waals surface area contributed by atoms with Gasteiger partial charge in [-0.05, 0) is 42.5 Å². The summed E-state index contributed by atoms with van der Waals surface area (Å²) in [6.07, 6.45) is -4.55. The number of aromatic nitrogens is 5. The SMILES string of the molecule is O=C(CCc1nc(NC(=O)Nc2ccc(C(F)(F)F)cc2)c(C(=O)O)[nH]1)Nc1ccc2n[nH]nc2c1. The number of anilines is 3. The molecule has 15 heteroatoms. The first-order valence-corrected chi connectivity index (χ1v) is 10.3. The summed E-state index contributed by atoms with van der Waals surface area (Å²) in [6.45, 7) is 0. The molecule has 0 radical (unpaired) electrons. The number of carboxylic acid groups (broad SMARTS) is 1. The van der Waals surface area contributed by atoms with Gasteiger partial charge in [0.2, 0.25) is 5.91 Å². The van der Waals surface area contributed by atoms with Crippen LogP contribution >= 0.6 is 0 Å². The van der Waals surface area contributed by atoms with Crippen LogP contribution in [-0.4, -0.2) is 48.4 Å². The number of imidazole rings is 1. The van der Waals surface area contributed by atoms with Gasteiger partial charge >= 0.3 is 18.2 Å². The number of halogens is 3. The normalized spacial score (nSPS) is 11.3. The second kappa shape index (κ2) is 9.73. The van der Waals surface area contributed by atoms with Gasteiger partial charge < -0.3 is 20.7 Å². The maximum absolute atomic E-state index is 12.7. The van der Waals surface area contributed by atoms with Crippen molar-refractivity contribution in [2.75, 3.05) is 16.0 Å². The van der Waals surface area contributed by atoms with Crippen molar-refractivity contribution < 1.29 is 32.7 Å². The first kappa shape index (κ1) is 24.2. The summed E-state index contributed by atoms with van der Waals surface area (Å²) in [5.41, 5.74) is 0.427. The zero-order valence-electron chi connectivity index (χ0n) is 18.1. The number of hydrogen-bond donors (Lipinski definition) is 6. The molecule has 0 unspecified atom stereocenters. The number of nitrogens with one attached hydrogen (secondary N) is 5. The van der Waals surface area contributed by atoms with Gasteiger partial charge in [-0.2, -0.15) is 28.6 Å². The Balaban J connectivity index is 1.36. The Morgan fingerprint density at radius 3 is 2.31 bits per heavy atom. The summed E-state index contributed by atoms with van der Waals surface area (Å²) in [5, 5.41) is 26.9. The monoisotopic (exact) mass is 502 g/mol. The van der Waals surface area contributed by atoms with E-state index in [2.05, 4.69) is 41.3 Å². The molecule has 186 valence electrons. The number of nitrogens with zero attached hydrogens (tertiary/aromatic N) is 3. The van der Waals surface area contributed by atoms with Crippen LogP contribution in [0.15, 0.2) is 42.5 Å². The van der Waals surface area contributed by atoms with Gasteiger partial charge in [-0.25, -0.2) is 14.6 Å². The van der Waals surface area contributed by atoms with Crippen molar-refractivity contribution in [3.05, 3.63) is 59.5 Å². The highest BCUT2D eigenvalue weighted by atomic mass is 19.4. The molecule has 0 saturated heterocycles. The first-order chi connectivity index (χ1) is 17.1. The molecule has 0 saturated carbocycles. The summed E-state index contributed by atoms with van der Waals surface area (Å²) in [6, 6.07) is 7.72. The number of aromatic carboxylic acids is 1. The van der Waals surface area contributed by atoms with Crippen LogP contribution in [0.3, 0.4) is 0 Å². The maximum atomic E-state index is 12.7. The van der Waals surface area contributed by atoms with Crippen molar-refractivity contribution in [3.63, 3.8) is 0 Å². The van der Waals surface area contributed by atoms with Gasteiger partial charge in [0, 0.05) is 24.2 Å². The van der Waals surface area contributed by atoms with Gasteiger partial charge in [0.25, 0.3) is 0 Å². The minimum atomic E-state index is -4.52. The highest BCUT2D eigenvalue weighted by molar-refractivity contribution is 6.03. The lowest BCUT2D eigenvalue weighted by molar-refractivity contribution is -0.137. The number of hydrogen-bond acceptors (Lipinski definition) is 6. The summed E-state index contributed by atoms with van der Waals surface area (Å²) in [4.78, 5) is 42.6. The first-order valence-electron chi connectivity index (χ1n) is 10.3. The molecule has 0 aliphatic carbocycles. The summed E-state index contributed by atoms with van der Waals surface area (Å²) < 4.78 is 38.0. The molecule has 2 aromatic carbocycles. The molecule has 3 amide bonds. The minimum absolute atomic E-state index is 0.0283. The molecular weight excluding hydrogens is 485 g/mol. The van der Waals surface area contributed by atoms with Crippen molar-refractivity contribution in [2.45, 2.75) is 19.0 Å². The van der Waals surface area contributed by atoms with E-state index in [1.807, 2.05) is 0 Å². The third kappa shape index (κ3) is 5.75. The molecule has 2 heterocycles. The third-order valence-corrected chi connectivity index (χ3v) is 4.86. The number of amides is 3. The van der Waals surface area contributed by atoms with Crippen LogP contribution in [0.25, 0.3) is 11.0 Å². The standard InChI is InChI=1S/C21H17F3N8O4/c22-21(23,24)10-1-3-11(4-2-10)26-20(36)29-18-17(19(34)35)27-15(28-18)7-8-16(33)25-12-5-6-13-14(9-12)31-32-30-13/h1-6,9H,7-8H2,(H,25,33)(H,27,28)(H,34,35)(H2,26,29,36)(H,30,31,32). The van der Waals surface area contributed by atoms with E-state index in [-0.39, 0.29) is 36.1 Å². The number of rotatable bonds is 7. The van der Waals surface area contributed by atoms with Gasteiger partial charge in [0.05, 0.1) is 5.56 Å². The van der Waals surface area contributed by atoms with Crippen molar-refractivity contribution in [2.24, 2.45) is 0 Å². The Morgan fingerprint density at radius 2 is 1.61 bits per heavy atom. The van der Waals surface area contributed by atoms with Crippen LogP contribution < -0.4 is 16.0 Å². The van der Waals surface area contributed by atoms with Gasteiger partial charge in [0.1, 0.15) is 16.9 Å². The fourth-order valence-corrected chi connectivity index (χ4v) is 3.17. The second-order valence-corrected chi connectivity index (χ2v) is 7.44. The Hall–Kier alpha value is -4.95. The lowest BCUT2D eigenvalue weighted by atomic mass is 10.2. The fourth-order valence-electron chi connectivity index (χ4n) is 3.17. The molecule has 0 bridgehead atoms. The Kier molecular flexibility index (Phi) is 6.54. The average molecular weight is 502 g/mol. The number of carbonyl (C=O) groups excluding carboxylic acids is 2. The van der Waals surface area contributed by atoms with Crippen LogP contribution in [0.4, 0.5) is 35.2 Å². The molecule has 36 heavy (non-hydrogen) atoms. The van der Waals surface area contributed by atoms with Crippen LogP contribution in [0, 0.1) is 0 Å². The number of aromatic amines is 2. The molecule has 0 atom stereocenters. The Labute approximate surface area is 199 Å². The zero-order valence-corrected chi connectivity index (χ0v) is 18.1. The highest BCUT2D eigenvalue weighted by Gasteiger charge is 2.30. The van der Waals surface area contributed by atoms with E-state index >= 15 is 0 Å². The highest BCUT2D eigenvalue weighted by Crippen LogP contribution is 2.29. The lowest BCUT2D eigenvalue weighted by Crippen LogP contribution is -2.21. The van der Waals surface area contributed by atoms with Gasteiger partial charge in [-0.15, -0.1) is 0 Å². The van der Waals surface area contributed by atoms with E-state index in [0.29, 0.717) is 16.7 Å². The molecule has 6 N–H and O–H groups in total. The zero-order chi connectivity index (χ0) is 25.9. The molecule has 4 aromatic rings. The molecule has 12 nitrogen and oxygen atoms in total. The van der Waals surface area contributed by atoms with Crippen molar-refractivity contribution >= 4 is 46.1 Å². The van der Waals surface area contributed by atoms with Crippen molar-refractivity contribution in [1.82, 2.24) is 25.4 Å². The number of aryl methyl sites for hydroxylation is 1. The van der Waals surface area contributed by atoms with Crippen LogP contribution in [0.1, 0.15) is 28.3 Å². The maximum Gasteiger partial charge on any atom is 0.416 e. The number of urea groups is 1. The number of fused-ring (bicyclic) bond motifs is 1. The summed E-state index contributed by atoms with van der Waals surface area (Å²) in [7, 11) is 0. The van der Waals surface area contributed by atoms with Gasteiger partial charge in [0.15, 0.2) is 11.5 Å². The molecule has 0 aliphatic rings. The third-order valence-electron chi connectivity index (χ3n) is 4.86. The topological polar surface area (TPSA) is 178 Å². The van der Waals surface area contributed by atoms with Gasteiger partial charge in [-0.1, -0.05) is 0 Å². The van der Waals surface area contributed by atoms with Gasteiger partial charge in [-0.3, -0.25) is 10.1 Å². The quantitative estimate of drug-likeness (QED) is 0.223. The van der Waals surface area contributed by atoms with E-state index in [1.165, 1.54) is 0 Å². The predicted molar refractivity (Wildman–Crippen MR) is 120 cm³/mol. The Bertz CT molecular complexity index is 1430.